The van der Waals surface area contributed by atoms with Crippen molar-refractivity contribution in [1.82, 2.24) is 0 Å². The van der Waals surface area contributed by atoms with Gasteiger partial charge in [-0.1, -0.05) is 167 Å². The van der Waals surface area contributed by atoms with Crippen LogP contribution in [0.15, 0.2) is 24.3 Å². The monoisotopic (exact) mass is 550 g/mol. The summed E-state index contributed by atoms with van der Waals surface area (Å²) < 4.78 is 0. The third-order valence-electron chi connectivity index (χ3n) is 8.16. The molecule has 0 aromatic heterocycles. The highest BCUT2D eigenvalue weighted by Crippen LogP contribution is 2.15. The molecule has 0 aliphatic heterocycles. The van der Waals surface area contributed by atoms with Crippen molar-refractivity contribution < 1.29 is 10.2 Å². The van der Waals surface area contributed by atoms with Crippen molar-refractivity contribution in [3.05, 3.63) is 24.3 Å². The molecular weight excluding hydrogens is 478 g/mol. The van der Waals surface area contributed by atoms with Gasteiger partial charge in [0.05, 0.1) is 18.2 Å². The van der Waals surface area contributed by atoms with Gasteiger partial charge in [-0.3, -0.25) is 0 Å². The van der Waals surface area contributed by atoms with E-state index in [0.29, 0.717) is 6.42 Å². The van der Waals surface area contributed by atoms with E-state index in [1.54, 1.807) is 6.08 Å². The second-order valence-corrected chi connectivity index (χ2v) is 12.1. The summed E-state index contributed by atoms with van der Waals surface area (Å²) in [4.78, 5) is 0. The minimum atomic E-state index is -0.748. The van der Waals surface area contributed by atoms with Gasteiger partial charge in [-0.25, -0.2) is 0 Å². The van der Waals surface area contributed by atoms with Crippen LogP contribution in [0, 0.1) is 0 Å². The molecule has 4 N–H and O–H groups in total. The Balaban J connectivity index is 3.52. The van der Waals surface area contributed by atoms with Crippen molar-refractivity contribution in [2.45, 2.75) is 205 Å². The average molecular weight is 550 g/mol. The Hall–Kier alpha value is -0.640. The lowest BCUT2D eigenvalue weighted by atomic mass is 9.98. The highest BCUT2D eigenvalue weighted by atomic mass is 16.3. The van der Waals surface area contributed by atoms with Gasteiger partial charge in [-0.15, -0.1) is 0 Å². The van der Waals surface area contributed by atoms with Gasteiger partial charge in [-0.05, 0) is 44.9 Å². The number of nitrogens with two attached hydrogens (primary N) is 1. The Morgan fingerprint density at radius 3 is 1.21 bits per heavy atom. The van der Waals surface area contributed by atoms with Crippen LogP contribution in [0.1, 0.15) is 187 Å². The standard InChI is InChI=1S/C36H71NO2/c1-3-5-7-9-11-13-15-17-18-19-21-23-25-27-29-31-33-35(39)36(37)34(38)32-30-28-26-24-22-20-16-14-12-10-8-6-4-2/h17-18,30,32,34-36,38-39H,3-16,19-29,31,33,37H2,1-2H3/b18-17-,32-30+/t34-,35?,36-/m1/s1. The molecule has 0 saturated carbocycles. The van der Waals surface area contributed by atoms with Crippen molar-refractivity contribution in [3.8, 4) is 0 Å². The normalized spacial score (nSPS) is 14.5. The topological polar surface area (TPSA) is 66.5 Å². The lowest BCUT2D eigenvalue weighted by Crippen LogP contribution is -2.43. The molecule has 0 heterocycles. The van der Waals surface area contributed by atoms with Crippen molar-refractivity contribution in [2.24, 2.45) is 5.73 Å². The van der Waals surface area contributed by atoms with Crippen LogP contribution in [-0.4, -0.2) is 28.5 Å². The molecule has 1 unspecified atom stereocenters. The summed E-state index contributed by atoms with van der Waals surface area (Å²) in [6.07, 6.45) is 41.7. The molecule has 0 rings (SSSR count). The van der Waals surface area contributed by atoms with Crippen molar-refractivity contribution >= 4 is 0 Å². The molecule has 3 nitrogen and oxygen atoms in total. The molecule has 3 heteroatoms. The van der Waals surface area contributed by atoms with E-state index in [1.807, 2.05) is 0 Å². The predicted octanol–water partition coefficient (Wildman–Crippen LogP) is 10.7. The van der Waals surface area contributed by atoms with Crippen LogP contribution < -0.4 is 5.73 Å². The van der Waals surface area contributed by atoms with Gasteiger partial charge in [0.25, 0.3) is 0 Å². The SMILES string of the molecule is CCCCCCCC/C=C\CCCCCCCCC(O)[C@H](N)[C@H](O)/C=C/CCCCCCCCCCCCC. The number of aliphatic hydroxyl groups is 2. The van der Waals surface area contributed by atoms with Crippen molar-refractivity contribution in [2.75, 3.05) is 0 Å². The fourth-order valence-corrected chi connectivity index (χ4v) is 5.31. The highest BCUT2D eigenvalue weighted by molar-refractivity contribution is 4.96. The molecule has 39 heavy (non-hydrogen) atoms. The average Bonchev–Trinajstić information content (AvgIpc) is 2.94. The van der Waals surface area contributed by atoms with Crippen LogP contribution in [0.25, 0.3) is 0 Å². The quantitative estimate of drug-likeness (QED) is 0.0595. The van der Waals surface area contributed by atoms with E-state index >= 15 is 0 Å². The van der Waals surface area contributed by atoms with Crippen LogP contribution in [0.3, 0.4) is 0 Å². The molecule has 0 spiro atoms. The van der Waals surface area contributed by atoms with Gasteiger partial charge in [-0.2, -0.15) is 0 Å². The van der Waals surface area contributed by atoms with Crippen LogP contribution in [0.5, 0.6) is 0 Å². The van der Waals surface area contributed by atoms with Crippen LogP contribution in [-0.2, 0) is 0 Å². The number of allylic oxidation sites excluding steroid dienone is 3. The third-order valence-corrected chi connectivity index (χ3v) is 8.16. The van der Waals surface area contributed by atoms with E-state index in [4.69, 9.17) is 5.73 Å². The number of hydrogen-bond acceptors (Lipinski definition) is 3. The van der Waals surface area contributed by atoms with Gasteiger partial charge in [0.1, 0.15) is 0 Å². The van der Waals surface area contributed by atoms with E-state index in [-0.39, 0.29) is 0 Å². The van der Waals surface area contributed by atoms with Gasteiger partial charge in [0, 0.05) is 0 Å². The van der Waals surface area contributed by atoms with Gasteiger partial charge in [0.2, 0.25) is 0 Å². The lowest BCUT2D eigenvalue weighted by Gasteiger charge is -2.22. The maximum absolute atomic E-state index is 10.4. The first-order chi connectivity index (χ1) is 19.1. The fourth-order valence-electron chi connectivity index (χ4n) is 5.31. The van der Waals surface area contributed by atoms with E-state index in [1.165, 1.54) is 148 Å². The summed E-state index contributed by atoms with van der Waals surface area (Å²) in [6, 6.07) is -0.582. The Bertz CT molecular complexity index is 518. The largest absolute Gasteiger partial charge is 0.391 e. The summed E-state index contributed by atoms with van der Waals surface area (Å²) in [6.45, 7) is 4.55. The maximum atomic E-state index is 10.4. The van der Waals surface area contributed by atoms with Crippen molar-refractivity contribution in [1.29, 1.82) is 0 Å². The third kappa shape index (κ3) is 28.7. The smallest absolute Gasteiger partial charge is 0.0897 e. The second-order valence-electron chi connectivity index (χ2n) is 12.1. The molecule has 0 radical (unpaired) electrons. The summed E-state index contributed by atoms with van der Waals surface area (Å²) in [7, 11) is 0. The van der Waals surface area contributed by atoms with Gasteiger partial charge >= 0.3 is 0 Å². The maximum Gasteiger partial charge on any atom is 0.0897 e. The Kier molecular flexibility index (Phi) is 31.4. The molecule has 232 valence electrons. The van der Waals surface area contributed by atoms with Crippen LogP contribution >= 0.6 is 0 Å². The highest BCUT2D eigenvalue weighted by Gasteiger charge is 2.20. The Morgan fingerprint density at radius 1 is 0.462 bits per heavy atom. The minimum Gasteiger partial charge on any atom is -0.391 e. The zero-order chi connectivity index (χ0) is 28.7. The molecule has 0 amide bonds. The molecule has 0 aliphatic carbocycles. The first-order valence-corrected chi connectivity index (χ1v) is 17.6. The lowest BCUT2D eigenvalue weighted by molar-refractivity contribution is 0.0710. The molecule has 0 aromatic rings. The molecule has 3 atom stereocenters. The van der Waals surface area contributed by atoms with Crippen molar-refractivity contribution in [3.63, 3.8) is 0 Å². The summed E-state index contributed by atoms with van der Waals surface area (Å²) >= 11 is 0. The van der Waals surface area contributed by atoms with E-state index in [9.17, 15) is 10.2 Å². The van der Waals surface area contributed by atoms with Crippen LogP contribution in [0.2, 0.25) is 0 Å². The number of hydrogen-bond donors (Lipinski definition) is 3. The molecule has 0 aliphatic rings. The van der Waals surface area contributed by atoms with Gasteiger partial charge < -0.3 is 15.9 Å². The fraction of sp³-hybridized carbons (Fsp3) is 0.889. The van der Waals surface area contributed by atoms with E-state index in [0.717, 1.165) is 19.3 Å². The second kappa shape index (κ2) is 31.9. The molecule has 0 aromatic carbocycles. The number of rotatable bonds is 31. The van der Waals surface area contributed by atoms with Crippen LogP contribution in [0.4, 0.5) is 0 Å². The number of unbranched alkanes of at least 4 members (excludes halogenated alkanes) is 23. The minimum absolute atomic E-state index is 0.582. The van der Waals surface area contributed by atoms with E-state index in [2.05, 4.69) is 32.1 Å². The first kappa shape index (κ1) is 38.4. The summed E-state index contributed by atoms with van der Waals surface area (Å²) in [5, 5.41) is 20.7. The molecule has 0 fully saturated rings. The Morgan fingerprint density at radius 2 is 0.795 bits per heavy atom. The zero-order valence-electron chi connectivity index (χ0n) is 26.6. The molecule has 0 bridgehead atoms. The summed E-state index contributed by atoms with van der Waals surface area (Å²) in [5.74, 6) is 0. The number of aliphatic hydroxyl groups excluding tert-OH is 2. The zero-order valence-corrected chi connectivity index (χ0v) is 26.6. The molecule has 0 saturated heterocycles. The molecular formula is C36H71NO2. The Labute approximate surface area is 245 Å². The first-order valence-electron chi connectivity index (χ1n) is 17.6. The van der Waals surface area contributed by atoms with Gasteiger partial charge in [0.15, 0.2) is 0 Å². The van der Waals surface area contributed by atoms with E-state index < -0.39 is 18.2 Å². The predicted molar refractivity (Wildman–Crippen MR) is 174 cm³/mol. The summed E-state index contributed by atoms with van der Waals surface area (Å²) in [5.41, 5.74) is 6.12.